The summed E-state index contributed by atoms with van der Waals surface area (Å²) in [5.41, 5.74) is 0. The quantitative estimate of drug-likeness (QED) is 0.366. The molecular weight excluding hydrogens is 214 g/mol. The summed E-state index contributed by atoms with van der Waals surface area (Å²) < 4.78 is 5.62. The molecule has 1 aromatic carbocycles. The van der Waals surface area contributed by atoms with Crippen molar-refractivity contribution < 1.29 is 4.74 Å². The molecule has 0 radical (unpaired) electrons. The molecule has 0 unspecified atom stereocenters. The number of benzene rings is 1. The van der Waals surface area contributed by atoms with E-state index in [-0.39, 0.29) is 6.04 Å². The van der Waals surface area contributed by atoms with Crippen molar-refractivity contribution in [1.82, 2.24) is 5.32 Å². The van der Waals surface area contributed by atoms with Crippen LogP contribution >= 0.6 is 0 Å². The van der Waals surface area contributed by atoms with Gasteiger partial charge in [-0.15, -0.1) is 0 Å². The van der Waals surface area contributed by atoms with Crippen molar-refractivity contribution in [3.05, 3.63) is 30.3 Å². The van der Waals surface area contributed by atoms with Gasteiger partial charge in [-0.2, -0.15) is 5.26 Å². The van der Waals surface area contributed by atoms with Crippen LogP contribution in [0.5, 0.6) is 5.75 Å². The van der Waals surface area contributed by atoms with Crippen molar-refractivity contribution in [2.75, 3.05) is 6.61 Å². The number of aliphatic imine (C=N–C) groups is 1. The summed E-state index contributed by atoms with van der Waals surface area (Å²) in [5, 5.41) is 11.0. The van der Waals surface area contributed by atoms with Crippen LogP contribution in [0.25, 0.3) is 0 Å². The van der Waals surface area contributed by atoms with Crippen LogP contribution in [0.4, 0.5) is 0 Å². The highest BCUT2D eigenvalue weighted by molar-refractivity contribution is 5.80. The van der Waals surface area contributed by atoms with Gasteiger partial charge in [0.15, 0.2) is 6.19 Å². The Hall–Kier alpha value is -2.02. The number of hydrogen-bond donors (Lipinski definition) is 1. The molecule has 1 aromatic rings. The van der Waals surface area contributed by atoms with Gasteiger partial charge in [0, 0.05) is 0 Å². The fraction of sp³-hybridized carbons (Fsp3) is 0.385. The highest BCUT2D eigenvalue weighted by Gasteiger charge is 2.05. The molecule has 0 fully saturated rings. The first-order valence-electron chi connectivity index (χ1n) is 5.63. The van der Waals surface area contributed by atoms with E-state index in [0.717, 1.165) is 12.2 Å². The minimum Gasteiger partial charge on any atom is -0.491 e. The summed E-state index contributed by atoms with van der Waals surface area (Å²) in [5.74, 6) is 1.46. The molecule has 4 nitrogen and oxygen atoms in total. The molecule has 0 amide bonds. The Labute approximate surface area is 102 Å². The molecule has 90 valence electrons. The highest BCUT2D eigenvalue weighted by Crippen LogP contribution is 2.10. The van der Waals surface area contributed by atoms with Crippen LogP contribution in [0.1, 0.15) is 20.3 Å². The lowest BCUT2D eigenvalue weighted by molar-refractivity contribution is 0.286. The molecule has 0 spiro atoms. The predicted octanol–water partition coefficient (Wildman–Crippen LogP) is 2.33. The molecule has 0 aliphatic carbocycles. The van der Waals surface area contributed by atoms with Gasteiger partial charge in [0.1, 0.15) is 18.2 Å². The summed E-state index contributed by atoms with van der Waals surface area (Å²) in [6.45, 7) is 4.33. The van der Waals surface area contributed by atoms with Crippen molar-refractivity contribution in [2.45, 2.75) is 26.3 Å². The summed E-state index contributed by atoms with van der Waals surface area (Å²) in [4.78, 5) is 4.36. The van der Waals surface area contributed by atoms with E-state index < -0.39 is 0 Å². The topological polar surface area (TPSA) is 57.4 Å². The zero-order valence-corrected chi connectivity index (χ0v) is 10.2. The first kappa shape index (κ1) is 13.0. The van der Waals surface area contributed by atoms with Gasteiger partial charge in [0.2, 0.25) is 0 Å². The van der Waals surface area contributed by atoms with Gasteiger partial charge in [-0.05, 0) is 25.5 Å². The molecule has 1 rings (SSSR count). The molecule has 0 heterocycles. The number of rotatable bonds is 5. The van der Waals surface area contributed by atoms with Crippen LogP contribution in [-0.4, -0.2) is 18.5 Å². The second-order valence-corrected chi connectivity index (χ2v) is 3.64. The second-order valence-electron chi connectivity index (χ2n) is 3.64. The van der Waals surface area contributed by atoms with E-state index in [9.17, 15) is 0 Å². The maximum atomic E-state index is 8.46. The third-order valence-electron chi connectivity index (χ3n) is 2.27. The number of nitriles is 1. The number of para-hydroxylation sites is 1. The second kappa shape index (κ2) is 7.29. The summed E-state index contributed by atoms with van der Waals surface area (Å²) in [7, 11) is 0. The first-order valence-corrected chi connectivity index (χ1v) is 5.63. The predicted molar refractivity (Wildman–Crippen MR) is 67.9 cm³/mol. The molecule has 0 saturated heterocycles. The van der Waals surface area contributed by atoms with Crippen LogP contribution in [-0.2, 0) is 0 Å². The van der Waals surface area contributed by atoms with Gasteiger partial charge in [0.05, 0.1) is 6.04 Å². The molecule has 0 saturated carbocycles. The van der Waals surface area contributed by atoms with Crippen LogP contribution < -0.4 is 10.1 Å². The number of nitrogens with one attached hydrogen (secondary N) is 1. The van der Waals surface area contributed by atoms with Gasteiger partial charge in [-0.25, -0.2) is 0 Å². The van der Waals surface area contributed by atoms with E-state index >= 15 is 0 Å². The van der Waals surface area contributed by atoms with E-state index in [4.69, 9.17) is 10.00 Å². The lowest BCUT2D eigenvalue weighted by Gasteiger charge is -2.12. The van der Waals surface area contributed by atoms with Crippen LogP contribution in [0, 0.1) is 11.5 Å². The summed E-state index contributed by atoms with van der Waals surface area (Å²) in [6, 6.07) is 9.71. The van der Waals surface area contributed by atoms with Gasteiger partial charge >= 0.3 is 0 Å². The Bertz CT molecular complexity index is 395. The molecule has 0 aromatic heterocycles. The van der Waals surface area contributed by atoms with Crippen molar-refractivity contribution >= 4 is 5.84 Å². The maximum absolute atomic E-state index is 8.46. The summed E-state index contributed by atoms with van der Waals surface area (Å²) in [6.07, 6.45) is 2.72. The largest absolute Gasteiger partial charge is 0.491 e. The Morgan fingerprint density at radius 1 is 1.47 bits per heavy atom. The maximum Gasteiger partial charge on any atom is 0.182 e. The van der Waals surface area contributed by atoms with Gasteiger partial charge in [-0.3, -0.25) is 10.3 Å². The average Bonchev–Trinajstić information content (AvgIpc) is 2.36. The van der Waals surface area contributed by atoms with E-state index in [1.165, 1.54) is 0 Å². The molecule has 17 heavy (non-hydrogen) atoms. The van der Waals surface area contributed by atoms with Crippen LogP contribution in [0.3, 0.4) is 0 Å². The molecule has 0 aliphatic rings. The average molecular weight is 231 g/mol. The highest BCUT2D eigenvalue weighted by atomic mass is 16.5. The van der Waals surface area contributed by atoms with Crippen molar-refractivity contribution in [3.8, 4) is 11.9 Å². The van der Waals surface area contributed by atoms with E-state index in [2.05, 4.69) is 10.3 Å². The zero-order chi connectivity index (χ0) is 12.5. The fourth-order valence-electron chi connectivity index (χ4n) is 1.34. The van der Waals surface area contributed by atoms with E-state index in [1.807, 2.05) is 43.4 Å². The minimum absolute atomic E-state index is 0.0658. The lowest BCUT2D eigenvalue weighted by atomic mass is 10.2. The van der Waals surface area contributed by atoms with Gasteiger partial charge in [0.25, 0.3) is 0 Å². The molecule has 0 aliphatic heterocycles. The molecule has 4 heteroatoms. The van der Waals surface area contributed by atoms with Crippen molar-refractivity contribution in [1.29, 1.82) is 5.26 Å². The van der Waals surface area contributed by atoms with E-state index in [1.54, 1.807) is 6.92 Å². The SMILES string of the molecule is CC[C@H](COc1ccccc1)N=C(C)NC#N. The molecule has 0 bridgehead atoms. The van der Waals surface area contributed by atoms with Gasteiger partial charge < -0.3 is 4.74 Å². The molecule has 1 N–H and O–H groups in total. The summed E-state index contributed by atoms with van der Waals surface area (Å²) >= 11 is 0. The van der Waals surface area contributed by atoms with E-state index in [0.29, 0.717) is 12.4 Å². The van der Waals surface area contributed by atoms with Crippen molar-refractivity contribution in [3.63, 3.8) is 0 Å². The molecule has 1 atom stereocenters. The van der Waals surface area contributed by atoms with Crippen molar-refractivity contribution in [2.24, 2.45) is 4.99 Å². The Morgan fingerprint density at radius 3 is 2.76 bits per heavy atom. The number of nitrogens with zero attached hydrogens (tertiary/aromatic N) is 2. The van der Waals surface area contributed by atoms with Crippen LogP contribution in [0.15, 0.2) is 35.3 Å². The fourth-order valence-corrected chi connectivity index (χ4v) is 1.34. The normalized spacial score (nSPS) is 12.6. The number of amidine groups is 1. The Kier molecular flexibility index (Phi) is 5.59. The number of hydrogen-bond acceptors (Lipinski definition) is 3. The Morgan fingerprint density at radius 2 is 2.18 bits per heavy atom. The lowest BCUT2D eigenvalue weighted by Crippen LogP contribution is -2.21. The smallest absolute Gasteiger partial charge is 0.182 e. The monoisotopic (exact) mass is 231 g/mol. The third-order valence-corrected chi connectivity index (χ3v) is 2.27. The number of ether oxygens (including phenoxy) is 1. The third kappa shape index (κ3) is 5.03. The van der Waals surface area contributed by atoms with Gasteiger partial charge in [-0.1, -0.05) is 25.1 Å². The minimum atomic E-state index is 0.0658. The molecular formula is C13H17N3O. The first-order chi connectivity index (χ1) is 8.26. The Balaban J connectivity index is 2.48. The zero-order valence-electron chi connectivity index (χ0n) is 10.2. The van der Waals surface area contributed by atoms with Crippen LogP contribution in [0.2, 0.25) is 0 Å². The standard InChI is InChI=1S/C13H17N3O/c1-3-12(16-11(2)15-10-14)9-17-13-7-5-4-6-8-13/h4-8,12H,3,9H2,1-2H3,(H,15,16)/t12-/m1/s1.